The second kappa shape index (κ2) is 4.33. The molecular weight excluding hydrogens is 174 g/mol. The van der Waals surface area contributed by atoms with Gasteiger partial charge >= 0.3 is 0 Å². The molecule has 0 spiro atoms. The predicted octanol–water partition coefficient (Wildman–Crippen LogP) is 1.81. The van der Waals surface area contributed by atoms with E-state index < -0.39 is 0 Å². The summed E-state index contributed by atoms with van der Waals surface area (Å²) < 4.78 is 0. The van der Waals surface area contributed by atoms with Crippen molar-refractivity contribution in [3.8, 4) is 5.75 Å². The molecule has 1 aromatic rings. The first kappa shape index (κ1) is 9.36. The first-order chi connectivity index (χ1) is 5.74. The quantitative estimate of drug-likeness (QED) is 0.753. The molecule has 0 aromatic heterocycles. The number of aromatic hydroxyl groups is 1. The summed E-state index contributed by atoms with van der Waals surface area (Å²) in [4.78, 5) is 0. The van der Waals surface area contributed by atoms with Gasteiger partial charge in [0.25, 0.3) is 0 Å². The number of hydrogen-bond acceptors (Lipinski definition) is 2. The molecule has 0 bridgehead atoms. The lowest BCUT2D eigenvalue weighted by Gasteiger charge is -2.03. The van der Waals surface area contributed by atoms with Crippen molar-refractivity contribution in [2.24, 2.45) is 0 Å². The Morgan fingerprint density at radius 3 is 2.92 bits per heavy atom. The maximum Gasteiger partial charge on any atom is 0.115 e. The normalized spacial score (nSPS) is 10.2. The van der Waals surface area contributed by atoms with Crippen LogP contribution in [-0.4, -0.2) is 18.7 Å². The van der Waals surface area contributed by atoms with Crippen molar-refractivity contribution in [1.82, 2.24) is 5.32 Å². The summed E-state index contributed by atoms with van der Waals surface area (Å²) in [6, 6.07) is 4.99. The Labute approximate surface area is 77.2 Å². The highest BCUT2D eigenvalue weighted by molar-refractivity contribution is 6.31. The fraction of sp³-hybridized carbons (Fsp3) is 0.333. The average Bonchev–Trinajstić information content (AvgIpc) is 2.07. The van der Waals surface area contributed by atoms with Crippen molar-refractivity contribution in [2.75, 3.05) is 13.6 Å². The van der Waals surface area contributed by atoms with Gasteiger partial charge in [-0.15, -0.1) is 0 Å². The van der Waals surface area contributed by atoms with Gasteiger partial charge in [-0.1, -0.05) is 11.6 Å². The number of hydrogen-bond donors (Lipinski definition) is 2. The van der Waals surface area contributed by atoms with Gasteiger partial charge in [-0.2, -0.15) is 0 Å². The van der Waals surface area contributed by atoms with Crippen LogP contribution in [0.3, 0.4) is 0 Å². The first-order valence-corrected chi connectivity index (χ1v) is 4.24. The molecule has 0 saturated heterocycles. The highest BCUT2D eigenvalue weighted by atomic mass is 35.5. The zero-order valence-corrected chi connectivity index (χ0v) is 7.73. The van der Waals surface area contributed by atoms with Gasteiger partial charge < -0.3 is 10.4 Å². The molecule has 12 heavy (non-hydrogen) atoms. The summed E-state index contributed by atoms with van der Waals surface area (Å²) in [6.07, 6.45) is 0.837. The highest BCUT2D eigenvalue weighted by Gasteiger charge is 1.99. The fourth-order valence-electron chi connectivity index (χ4n) is 1.01. The molecule has 1 aromatic carbocycles. The molecule has 66 valence electrons. The molecule has 0 fully saturated rings. The molecule has 0 aliphatic heterocycles. The monoisotopic (exact) mass is 185 g/mol. The number of halogens is 1. The largest absolute Gasteiger partial charge is 0.508 e. The van der Waals surface area contributed by atoms with E-state index in [0.29, 0.717) is 5.02 Å². The Kier molecular flexibility index (Phi) is 3.38. The molecule has 0 saturated carbocycles. The van der Waals surface area contributed by atoms with Crippen molar-refractivity contribution in [3.63, 3.8) is 0 Å². The van der Waals surface area contributed by atoms with Crippen molar-refractivity contribution in [2.45, 2.75) is 6.42 Å². The van der Waals surface area contributed by atoms with Gasteiger partial charge in [-0.25, -0.2) is 0 Å². The Morgan fingerprint density at radius 1 is 1.50 bits per heavy atom. The molecule has 0 aliphatic carbocycles. The van der Waals surface area contributed by atoms with Crippen molar-refractivity contribution in [3.05, 3.63) is 28.8 Å². The summed E-state index contributed by atoms with van der Waals surface area (Å²) in [5.41, 5.74) is 0.978. The summed E-state index contributed by atoms with van der Waals surface area (Å²) in [6.45, 7) is 0.864. The maximum absolute atomic E-state index is 9.16. The van der Waals surface area contributed by atoms with Gasteiger partial charge in [-0.05, 0) is 43.8 Å². The maximum atomic E-state index is 9.16. The van der Waals surface area contributed by atoms with Crippen molar-refractivity contribution < 1.29 is 5.11 Å². The third-order valence-electron chi connectivity index (χ3n) is 1.67. The minimum atomic E-state index is 0.269. The minimum Gasteiger partial charge on any atom is -0.508 e. The minimum absolute atomic E-state index is 0.269. The van der Waals surface area contributed by atoms with Crippen LogP contribution in [0, 0.1) is 0 Å². The van der Waals surface area contributed by atoms with Crippen molar-refractivity contribution >= 4 is 11.6 Å². The number of nitrogens with one attached hydrogen (secondary N) is 1. The fourth-order valence-corrected chi connectivity index (χ4v) is 1.22. The Bertz CT molecular complexity index is 263. The molecular formula is C9H12ClNO. The SMILES string of the molecule is CNCCc1cc(O)ccc1Cl. The van der Waals surface area contributed by atoms with E-state index in [1.54, 1.807) is 18.2 Å². The topological polar surface area (TPSA) is 32.3 Å². The molecule has 0 atom stereocenters. The van der Waals surface area contributed by atoms with Gasteiger partial charge in [0.2, 0.25) is 0 Å². The number of benzene rings is 1. The van der Waals surface area contributed by atoms with Gasteiger partial charge in [0.15, 0.2) is 0 Å². The van der Waals surface area contributed by atoms with E-state index in [4.69, 9.17) is 16.7 Å². The van der Waals surface area contributed by atoms with Crippen LogP contribution in [0.25, 0.3) is 0 Å². The smallest absolute Gasteiger partial charge is 0.115 e. The van der Waals surface area contributed by atoms with E-state index in [1.165, 1.54) is 0 Å². The highest BCUT2D eigenvalue weighted by Crippen LogP contribution is 2.21. The molecule has 0 aliphatic rings. The van der Waals surface area contributed by atoms with Gasteiger partial charge in [0.05, 0.1) is 0 Å². The van der Waals surface area contributed by atoms with Crippen LogP contribution in [0.1, 0.15) is 5.56 Å². The van der Waals surface area contributed by atoms with Gasteiger partial charge in [0.1, 0.15) is 5.75 Å². The predicted molar refractivity (Wildman–Crippen MR) is 50.7 cm³/mol. The number of rotatable bonds is 3. The Hall–Kier alpha value is -0.730. The lowest BCUT2D eigenvalue weighted by molar-refractivity contribution is 0.474. The lowest BCUT2D eigenvalue weighted by atomic mass is 10.1. The Balaban J connectivity index is 2.75. The van der Waals surface area contributed by atoms with E-state index >= 15 is 0 Å². The number of likely N-dealkylation sites (N-methyl/N-ethyl adjacent to an activating group) is 1. The van der Waals surface area contributed by atoms with Gasteiger partial charge in [0, 0.05) is 5.02 Å². The van der Waals surface area contributed by atoms with E-state index in [9.17, 15) is 0 Å². The molecule has 0 heterocycles. The molecule has 3 heteroatoms. The third-order valence-corrected chi connectivity index (χ3v) is 2.04. The number of phenols is 1. The summed E-state index contributed by atoms with van der Waals surface area (Å²) in [5, 5.41) is 12.9. The van der Waals surface area contributed by atoms with Crippen LogP contribution in [0.5, 0.6) is 5.75 Å². The summed E-state index contributed by atoms with van der Waals surface area (Å²) in [5.74, 6) is 0.269. The van der Waals surface area contributed by atoms with Crippen LogP contribution < -0.4 is 5.32 Å². The van der Waals surface area contributed by atoms with Gasteiger partial charge in [-0.3, -0.25) is 0 Å². The standard InChI is InChI=1S/C9H12ClNO/c1-11-5-4-7-6-8(12)2-3-9(7)10/h2-3,6,11-12H,4-5H2,1H3. The van der Waals surface area contributed by atoms with E-state index in [2.05, 4.69) is 5.32 Å². The van der Waals surface area contributed by atoms with Crippen LogP contribution in [-0.2, 0) is 6.42 Å². The molecule has 0 amide bonds. The summed E-state index contributed by atoms with van der Waals surface area (Å²) in [7, 11) is 1.89. The molecule has 0 radical (unpaired) electrons. The molecule has 2 N–H and O–H groups in total. The van der Waals surface area contributed by atoms with E-state index in [-0.39, 0.29) is 5.75 Å². The van der Waals surface area contributed by atoms with Crippen LogP contribution >= 0.6 is 11.6 Å². The zero-order valence-electron chi connectivity index (χ0n) is 6.97. The summed E-state index contributed by atoms with van der Waals surface area (Å²) >= 11 is 5.89. The Morgan fingerprint density at radius 2 is 2.25 bits per heavy atom. The van der Waals surface area contributed by atoms with Crippen LogP contribution in [0.2, 0.25) is 5.02 Å². The molecule has 1 rings (SSSR count). The zero-order chi connectivity index (χ0) is 8.97. The average molecular weight is 186 g/mol. The number of phenolic OH excluding ortho intramolecular Hbond substituents is 1. The first-order valence-electron chi connectivity index (χ1n) is 3.86. The molecule has 2 nitrogen and oxygen atoms in total. The van der Waals surface area contributed by atoms with Crippen LogP contribution in [0.15, 0.2) is 18.2 Å². The van der Waals surface area contributed by atoms with E-state index in [1.807, 2.05) is 7.05 Å². The second-order valence-corrected chi connectivity index (χ2v) is 3.04. The van der Waals surface area contributed by atoms with Crippen LogP contribution in [0.4, 0.5) is 0 Å². The third kappa shape index (κ3) is 2.40. The van der Waals surface area contributed by atoms with E-state index in [0.717, 1.165) is 18.5 Å². The lowest BCUT2D eigenvalue weighted by Crippen LogP contribution is -2.10. The van der Waals surface area contributed by atoms with Crippen molar-refractivity contribution in [1.29, 1.82) is 0 Å². The second-order valence-electron chi connectivity index (χ2n) is 2.63. The molecule has 0 unspecified atom stereocenters.